The van der Waals surface area contributed by atoms with Crippen molar-refractivity contribution in [2.75, 3.05) is 34.5 Å². The summed E-state index contributed by atoms with van der Waals surface area (Å²) in [6, 6.07) is 13.6. The van der Waals surface area contributed by atoms with E-state index < -0.39 is 5.54 Å². The van der Waals surface area contributed by atoms with Gasteiger partial charge in [0.05, 0.1) is 39.6 Å². The van der Waals surface area contributed by atoms with Crippen LogP contribution < -0.4 is 14.2 Å². The van der Waals surface area contributed by atoms with Crippen molar-refractivity contribution in [2.45, 2.75) is 31.9 Å². The lowest BCUT2D eigenvalue weighted by Gasteiger charge is -2.45. The molecule has 1 amide bonds. The highest BCUT2D eigenvalue weighted by molar-refractivity contribution is 5.96. The van der Waals surface area contributed by atoms with Crippen molar-refractivity contribution in [2.24, 2.45) is 0 Å². The Kier molecular flexibility index (Phi) is 6.33. The highest BCUT2D eigenvalue weighted by Crippen LogP contribution is 2.39. The number of amides is 1. The summed E-state index contributed by atoms with van der Waals surface area (Å²) in [5, 5.41) is 0. The number of nitrogens with zero attached hydrogens (tertiary/aromatic N) is 1. The van der Waals surface area contributed by atoms with Crippen molar-refractivity contribution in [1.82, 2.24) is 4.90 Å². The average molecular weight is 399 g/mol. The fraction of sp³-hybridized carbons (Fsp3) is 0.435. The lowest BCUT2D eigenvalue weighted by Crippen LogP contribution is -2.58. The van der Waals surface area contributed by atoms with E-state index in [0.717, 1.165) is 6.42 Å². The summed E-state index contributed by atoms with van der Waals surface area (Å²) in [6.07, 6.45) is 0.701. The molecule has 3 rings (SSSR count). The largest absolute Gasteiger partial charge is 0.493 e. The number of ether oxygens (including phenoxy) is 4. The van der Waals surface area contributed by atoms with Crippen molar-refractivity contribution in [3.63, 3.8) is 0 Å². The van der Waals surface area contributed by atoms with Gasteiger partial charge in [-0.3, -0.25) is 4.79 Å². The summed E-state index contributed by atoms with van der Waals surface area (Å²) in [4.78, 5) is 15.3. The van der Waals surface area contributed by atoms with Gasteiger partial charge in [0.25, 0.3) is 5.91 Å². The quantitative estimate of drug-likeness (QED) is 0.743. The average Bonchev–Trinajstić information content (AvgIpc) is 2.74. The number of hydrogen-bond acceptors (Lipinski definition) is 5. The number of carbonyl (C=O) groups excluding carboxylic acids is 1. The van der Waals surface area contributed by atoms with Crippen molar-refractivity contribution < 1.29 is 23.7 Å². The standard InChI is InChI=1S/C23H29NO5/c1-23(2)15-29-18(11-16-9-7-6-8-10-16)14-24(23)22(25)17-12-19(26-3)21(28-5)20(13-17)27-4/h6-10,12-13,18H,11,14-15H2,1-5H3. The van der Waals surface area contributed by atoms with Gasteiger partial charge in [0, 0.05) is 18.5 Å². The zero-order chi connectivity index (χ0) is 21.0. The van der Waals surface area contributed by atoms with Crippen molar-refractivity contribution >= 4 is 5.91 Å². The van der Waals surface area contributed by atoms with E-state index in [0.29, 0.717) is 36.0 Å². The van der Waals surface area contributed by atoms with E-state index in [1.807, 2.05) is 36.9 Å². The van der Waals surface area contributed by atoms with Crippen LogP contribution in [-0.4, -0.2) is 56.9 Å². The highest BCUT2D eigenvalue weighted by atomic mass is 16.5. The first-order chi connectivity index (χ1) is 13.9. The summed E-state index contributed by atoms with van der Waals surface area (Å²) in [7, 11) is 4.63. The number of methoxy groups -OCH3 is 3. The van der Waals surface area contributed by atoms with Crippen LogP contribution in [0.3, 0.4) is 0 Å². The minimum absolute atomic E-state index is 0.0589. The molecule has 0 spiro atoms. The topological polar surface area (TPSA) is 57.2 Å². The molecule has 6 heteroatoms. The Balaban J connectivity index is 1.87. The Morgan fingerprint density at radius 2 is 1.69 bits per heavy atom. The zero-order valence-corrected chi connectivity index (χ0v) is 17.7. The summed E-state index contributed by atoms with van der Waals surface area (Å²) in [5.74, 6) is 1.30. The molecule has 2 aromatic rings. The monoisotopic (exact) mass is 399 g/mol. The predicted molar refractivity (Wildman–Crippen MR) is 111 cm³/mol. The van der Waals surface area contributed by atoms with Gasteiger partial charge in [0.1, 0.15) is 0 Å². The Morgan fingerprint density at radius 1 is 1.07 bits per heavy atom. The highest BCUT2D eigenvalue weighted by Gasteiger charge is 2.39. The Bertz CT molecular complexity index is 825. The molecule has 1 unspecified atom stereocenters. The van der Waals surface area contributed by atoms with E-state index in [4.69, 9.17) is 18.9 Å². The number of hydrogen-bond donors (Lipinski definition) is 0. The molecule has 2 aromatic carbocycles. The van der Waals surface area contributed by atoms with Crippen molar-refractivity contribution in [3.05, 3.63) is 53.6 Å². The van der Waals surface area contributed by atoms with Crippen LogP contribution in [0.5, 0.6) is 17.2 Å². The normalized spacial score (nSPS) is 18.2. The first kappa shape index (κ1) is 21.0. The Hall–Kier alpha value is -2.73. The van der Waals surface area contributed by atoms with Crippen LogP contribution in [0.25, 0.3) is 0 Å². The second-order valence-electron chi connectivity index (χ2n) is 7.76. The van der Waals surface area contributed by atoms with Crippen molar-refractivity contribution in [1.29, 1.82) is 0 Å². The van der Waals surface area contributed by atoms with Gasteiger partial charge in [-0.1, -0.05) is 30.3 Å². The van der Waals surface area contributed by atoms with Crippen molar-refractivity contribution in [3.8, 4) is 17.2 Å². The second-order valence-corrected chi connectivity index (χ2v) is 7.76. The Labute approximate surface area is 172 Å². The molecule has 0 aromatic heterocycles. The second kappa shape index (κ2) is 8.74. The minimum Gasteiger partial charge on any atom is -0.493 e. The third-order valence-corrected chi connectivity index (χ3v) is 5.25. The number of morpholine rings is 1. The zero-order valence-electron chi connectivity index (χ0n) is 17.7. The van der Waals surface area contributed by atoms with Gasteiger partial charge < -0.3 is 23.8 Å². The molecular weight excluding hydrogens is 370 g/mol. The van der Waals surface area contributed by atoms with Gasteiger partial charge in [-0.05, 0) is 31.5 Å². The molecule has 0 bridgehead atoms. The summed E-state index contributed by atoms with van der Waals surface area (Å²) >= 11 is 0. The molecule has 0 radical (unpaired) electrons. The molecule has 1 aliphatic heterocycles. The molecule has 1 atom stereocenters. The van der Waals surface area contributed by atoms with Crippen LogP contribution in [0.1, 0.15) is 29.8 Å². The smallest absolute Gasteiger partial charge is 0.254 e. The van der Waals surface area contributed by atoms with Gasteiger partial charge in [0.15, 0.2) is 11.5 Å². The SMILES string of the molecule is COc1cc(C(=O)N2CC(Cc3ccccc3)OCC2(C)C)cc(OC)c1OC. The number of rotatable bonds is 6. The van der Waals surface area contributed by atoms with Gasteiger partial charge in [-0.15, -0.1) is 0 Å². The molecule has 1 fully saturated rings. The predicted octanol–water partition coefficient (Wildman–Crippen LogP) is 3.57. The molecule has 156 valence electrons. The van der Waals surface area contributed by atoms with Crippen LogP contribution in [-0.2, 0) is 11.2 Å². The van der Waals surface area contributed by atoms with E-state index in [1.165, 1.54) is 5.56 Å². The van der Waals surface area contributed by atoms with Gasteiger partial charge in [-0.25, -0.2) is 0 Å². The van der Waals surface area contributed by atoms with E-state index in [-0.39, 0.29) is 12.0 Å². The van der Waals surface area contributed by atoms with Crippen LogP contribution in [0, 0.1) is 0 Å². The lowest BCUT2D eigenvalue weighted by atomic mass is 9.96. The molecular formula is C23H29NO5. The van der Waals surface area contributed by atoms with E-state index >= 15 is 0 Å². The van der Waals surface area contributed by atoms with Crippen LogP contribution in [0.15, 0.2) is 42.5 Å². The van der Waals surface area contributed by atoms with Crippen LogP contribution >= 0.6 is 0 Å². The summed E-state index contributed by atoms with van der Waals surface area (Å²) in [6.45, 7) is 5.02. The van der Waals surface area contributed by atoms with Gasteiger partial charge in [-0.2, -0.15) is 0 Å². The van der Waals surface area contributed by atoms with E-state index in [9.17, 15) is 4.79 Å². The molecule has 1 saturated heterocycles. The molecule has 1 heterocycles. The van der Waals surface area contributed by atoms with Gasteiger partial charge in [0.2, 0.25) is 5.75 Å². The fourth-order valence-corrected chi connectivity index (χ4v) is 3.62. The third-order valence-electron chi connectivity index (χ3n) is 5.25. The third kappa shape index (κ3) is 4.48. The molecule has 0 aliphatic carbocycles. The van der Waals surface area contributed by atoms with E-state index in [1.54, 1.807) is 33.5 Å². The molecule has 0 saturated carbocycles. The molecule has 1 aliphatic rings. The maximum absolute atomic E-state index is 13.5. The molecule has 6 nitrogen and oxygen atoms in total. The molecule has 29 heavy (non-hydrogen) atoms. The summed E-state index contributed by atoms with van der Waals surface area (Å²) < 4.78 is 22.3. The summed E-state index contributed by atoms with van der Waals surface area (Å²) in [5.41, 5.74) is 1.26. The first-order valence-corrected chi connectivity index (χ1v) is 9.67. The lowest BCUT2D eigenvalue weighted by molar-refractivity contribution is -0.0821. The first-order valence-electron chi connectivity index (χ1n) is 9.67. The fourth-order valence-electron chi connectivity index (χ4n) is 3.62. The number of carbonyl (C=O) groups is 1. The Morgan fingerprint density at radius 3 is 2.24 bits per heavy atom. The van der Waals surface area contributed by atoms with Gasteiger partial charge >= 0.3 is 0 Å². The van der Waals surface area contributed by atoms with Crippen LogP contribution in [0.2, 0.25) is 0 Å². The maximum Gasteiger partial charge on any atom is 0.254 e. The maximum atomic E-state index is 13.5. The number of benzene rings is 2. The van der Waals surface area contributed by atoms with Crippen LogP contribution in [0.4, 0.5) is 0 Å². The molecule has 0 N–H and O–H groups in total. The minimum atomic E-state index is -0.426. The van der Waals surface area contributed by atoms with E-state index in [2.05, 4.69) is 12.1 Å².